The molecule has 0 bridgehead atoms. The summed E-state index contributed by atoms with van der Waals surface area (Å²) in [6, 6.07) is 8.28. The van der Waals surface area contributed by atoms with Crippen LogP contribution in [-0.2, 0) is 4.74 Å². The molecule has 3 aromatic heterocycles. The first-order valence-electron chi connectivity index (χ1n) is 12.6. The van der Waals surface area contributed by atoms with Crippen LogP contribution < -0.4 is 25.0 Å². The first-order chi connectivity index (χ1) is 18.4. The van der Waals surface area contributed by atoms with Gasteiger partial charge in [0.1, 0.15) is 6.61 Å². The van der Waals surface area contributed by atoms with Crippen LogP contribution in [0.5, 0.6) is 11.8 Å². The van der Waals surface area contributed by atoms with E-state index in [1.54, 1.807) is 17.7 Å². The van der Waals surface area contributed by atoms with Crippen molar-refractivity contribution in [2.45, 2.75) is 32.9 Å². The Balaban J connectivity index is 1.53. The smallest absolute Gasteiger partial charge is 0.260 e. The number of carbonyl (C=O) groups is 1. The van der Waals surface area contributed by atoms with E-state index in [4.69, 9.17) is 19.2 Å². The summed E-state index contributed by atoms with van der Waals surface area (Å²) < 4.78 is 18.1. The normalized spacial score (nSPS) is 17.7. The number of nitrogens with one attached hydrogen (secondary N) is 2. The van der Waals surface area contributed by atoms with Crippen LogP contribution >= 0.6 is 0 Å². The molecule has 0 spiro atoms. The molecule has 0 aliphatic carbocycles. The molecule has 11 heteroatoms. The second-order valence-electron chi connectivity index (χ2n) is 9.60. The lowest BCUT2D eigenvalue weighted by Crippen LogP contribution is -2.54. The number of hydrogen-bond donors (Lipinski definition) is 2. The number of methoxy groups -OCH3 is 2. The Morgan fingerprint density at radius 3 is 2.58 bits per heavy atom. The number of carbonyl (C=O) groups excluding carboxylic acids is 1. The van der Waals surface area contributed by atoms with Crippen molar-refractivity contribution >= 4 is 34.0 Å². The van der Waals surface area contributed by atoms with Gasteiger partial charge < -0.3 is 29.7 Å². The van der Waals surface area contributed by atoms with Gasteiger partial charge in [-0.25, -0.2) is 9.97 Å². The number of pyridine rings is 1. The molecular formula is C27H33N7O4. The minimum Gasteiger partial charge on any atom is -0.478 e. The van der Waals surface area contributed by atoms with E-state index in [0.717, 1.165) is 29.9 Å². The number of ether oxygens (including phenoxy) is 3. The molecule has 0 saturated carbocycles. The van der Waals surface area contributed by atoms with E-state index < -0.39 is 0 Å². The molecule has 2 N–H and O–H groups in total. The van der Waals surface area contributed by atoms with Crippen LogP contribution in [-0.4, -0.2) is 77.9 Å². The molecule has 2 atom stereocenters. The van der Waals surface area contributed by atoms with E-state index in [2.05, 4.69) is 39.3 Å². The molecule has 1 aliphatic rings. The highest BCUT2D eigenvalue weighted by Gasteiger charge is 2.25. The van der Waals surface area contributed by atoms with Crippen LogP contribution in [0.25, 0.3) is 16.6 Å². The van der Waals surface area contributed by atoms with Crippen LogP contribution in [0, 0.1) is 6.92 Å². The summed E-state index contributed by atoms with van der Waals surface area (Å²) in [7, 11) is 3.14. The minimum atomic E-state index is -0.337. The molecule has 4 aromatic rings. The van der Waals surface area contributed by atoms with Gasteiger partial charge in [-0.3, -0.25) is 9.20 Å². The number of aromatic nitrogens is 4. The number of piperazine rings is 1. The second kappa shape index (κ2) is 10.8. The Morgan fingerprint density at radius 1 is 1.05 bits per heavy atom. The number of benzene rings is 1. The molecule has 200 valence electrons. The summed E-state index contributed by atoms with van der Waals surface area (Å²) in [6.45, 7) is 8.73. The lowest BCUT2D eigenvalue weighted by atomic mass is 10.0. The Labute approximate surface area is 221 Å². The minimum absolute atomic E-state index is 0.324. The molecule has 1 fully saturated rings. The van der Waals surface area contributed by atoms with Crippen molar-refractivity contribution < 1.29 is 19.0 Å². The van der Waals surface area contributed by atoms with Gasteiger partial charge in [-0.2, -0.15) is 4.98 Å². The highest BCUT2D eigenvalue weighted by atomic mass is 16.5. The number of aryl methyl sites for hydroxylation is 1. The zero-order valence-electron chi connectivity index (χ0n) is 22.3. The molecule has 38 heavy (non-hydrogen) atoms. The molecule has 1 amide bonds. The Bertz CT molecular complexity index is 1460. The van der Waals surface area contributed by atoms with Crippen molar-refractivity contribution in [1.82, 2.24) is 24.7 Å². The topological polar surface area (TPSA) is 115 Å². The summed E-state index contributed by atoms with van der Waals surface area (Å²) >= 11 is 0. The highest BCUT2D eigenvalue weighted by Crippen LogP contribution is 2.32. The predicted octanol–water partition coefficient (Wildman–Crippen LogP) is 3.06. The maximum atomic E-state index is 13.6. The average molecular weight is 520 g/mol. The van der Waals surface area contributed by atoms with Gasteiger partial charge in [-0.1, -0.05) is 0 Å². The maximum Gasteiger partial charge on any atom is 0.260 e. The van der Waals surface area contributed by atoms with Crippen LogP contribution in [0.2, 0.25) is 0 Å². The average Bonchev–Trinajstić information content (AvgIpc) is 3.27. The van der Waals surface area contributed by atoms with E-state index in [1.165, 1.54) is 7.11 Å². The number of rotatable bonds is 8. The van der Waals surface area contributed by atoms with Gasteiger partial charge in [-0.05, 0) is 39.0 Å². The fourth-order valence-electron chi connectivity index (χ4n) is 4.95. The van der Waals surface area contributed by atoms with Crippen LogP contribution in [0.15, 0.2) is 36.7 Å². The van der Waals surface area contributed by atoms with Crippen LogP contribution in [0.4, 0.5) is 11.5 Å². The summed E-state index contributed by atoms with van der Waals surface area (Å²) in [6.07, 6.45) is 3.56. The third kappa shape index (κ3) is 5.20. The summed E-state index contributed by atoms with van der Waals surface area (Å²) in [4.78, 5) is 29.5. The van der Waals surface area contributed by atoms with E-state index >= 15 is 0 Å². The number of hydrogen-bond acceptors (Lipinski definition) is 9. The first-order valence-corrected chi connectivity index (χ1v) is 12.6. The van der Waals surface area contributed by atoms with Gasteiger partial charge in [0.15, 0.2) is 5.82 Å². The van der Waals surface area contributed by atoms with Gasteiger partial charge >= 0.3 is 0 Å². The van der Waals surface area contributed by atoms with E-state index in [1.807, 2.05) is 37.4 Å². The predicted molar refractivity (Wildman–Crippen MR) is 146 cm³/mol. The van der Waals surface area contributed by atoms with Crippen molar-refractivity contribution in [3.05, 3.63) is 47.9 Å². The van der Waals surface area contributed by atoms with Gasteiger partial charge in [-0.15, -0.1) is 0 Å². The lowest BCUT2D eigenvalue weighted by Gasteiger charge is -2.38. The summed E-state index contributed by atoms with van der Waals surface area (Å²) in [5.74, 6) is 0.755. The molecule has 11 nitrogen and oxygen atoms in total. The lowest BCUT2D eigenvalue weighted by molar-refractivity contribution is 0.102. The number of anilines is 2. The van der Waals surface area contributed by atoms with Crippen molar-refractivity contribution in [2.75, 3.05) is 50.7 Å². The van der Waals surface area contributed by atoms with E-state index in [0.29, 0.717) is 59.6 Å². The first kappa shape index (κ1) is 25.7. The van der Waals surface area contributed by atoms with Crippen LogP contribution in [0.1, 0.15) is 29.9 Å². The third-order valence-corrected chi connectivity index (χ3v) is 6.45. The molecule has 5 rings (SSSR count). The zero-order chi connectivity index (χ0) is 26.8. The zero-order valence-corrected chi connectivity index (χ0v) is 22.3. The van der Waals surface area contributed by atoms with Crippen molar-refractivity contribution in [3.8, 4) is 11.8 Å². The Morgan fingerprint density at radius 2 is 1.84 bits per heavy atom. The second-order valence-corrected chi connectivity index (χ2v) is 9.60. The summed E-state index contributed by atoms with van der Waals surface area (Å²) in [5, 5.41) is 7.36. The third-order valence-electron chi connectivity index (χ3n) is 6.45. The van der Waals surface area contributed by atoms with Crippen molar-refractivity contribution in [1.29, 1.82) is 0 Å². The van der Waals surface area contributed by atoms with E-state index in [9.17, 15) is 4.79 Å². The highest BCUT2D eigenvalue weighted by molar-refractivity contribution is 6.13. The fraction of sp³-hybridized carbons (Fsp3) is 0.407. The molecule has 4 heterocycles. The number of fused-ring (bicyclic) bond motifs is 2. The fourth-order valence-corrected chi connectivity index (χ4v) is 4.95. The van der Waals surface area contributed by atoms with Gasteiger partial charge in [0.05, 0.1) is 36.7 Å². The molecule has 1 saturated heterocycles. The van der Waals surface area contributed by atoms with Crippen LogP contribution in [0.3, 0.4) is 0 Å². The maximum absolute atomic E-state index is 13.6. The number of imidazole rings is 1. The van der Waals surface area contributed by atoms with E-state index in [-0.39, 0.29) is 5.91 Å². The molecular weight excluding hydrogens is 486 g/mol. The molecule has 0 unspecified atom stereocenters. The Kier molecular flexibility index (Phi) is 7.30. The van der Waals surface area contributed by atoms with Gasteiger partial charge in [0.25, 0.3) is 11.8 Å². The standard InChI is InChI=1S/C27H33N7O4/c1-16-12-33(13-17(2)28-16)21-8-6-20(24-19(21)7-9-23(32-24)38-11-10-36-4)26(35)30-22-15-34-14-18(3)29-25(34)27(31-22)37-5/h6-9,14-17,28H,10-13H2,1-5H3,(H,30,35)/t16-,17-/m0/s1. The van der Waals surface area contributed by atoms with Crippen molar-refractivity contribution in [3.63, 3.8) is 0 Å². The number of nitrogens with zero attached hydrogens (tertiary/aromatic N) is 5. The monoisotopic (exact) mass is 519 g/mol. The largest absolute Gasteiger partial charge is 0.478 e. The Hall–Kier alpha value is -3.96. The van der Waals surface area contributed by atoms with Gasteiger partial charge in [0.2, 0.25) is 11.5 Å². The SMILES string of the molecule is COCCOc1ccc2c(N3C[C@H](C)N[C@@H](C)C3)ccc(C(=O)Nc3cn4cc(C)nc4c(OC)n3)c2n1. The summed E-state index contributed by atoms with van der Waals surface area (Å²) in [5.41, 5.74) is 3.40. The molecule has 0 radical (unpaired) electrons. The molecule has 1 aliphatic heterocycles. The van der Waals surface area contributed by atoms with Gasteiger partial charge in [0, 0.05) is 55.6 Å². The molecule has 1 aromatic carbocycles. The van der Waals surface area contributed by atoms with Crippen molar-refractivity contribution in [2.24, 2.45) is 0 Å². The number of amides is 1. The quantitative estimate of drug-likeness (QED) is 0.339.